The van der Waals surface area contributed by atoms with Crippen molar-refractivity contribution in [1.82, 2.24) is 10.2 Å². The summed E-state index contributed by atoms with van der Waals surface area (Å²) in [5.41, 5.74) is 0.676. The molecule has 1 N–H and O–H groups in total. The number of amides is 1. The van der Waals surface area contributed by atoms with Gasteiger partial charge in [-0.3, -0.25) is 9.69 Å². The zero-order valence-corrected chi connectivity index (χ0v) is 13.4. The Morgan fingerprint density at radius 3 is 2.70 bits per heavy atom. The Bertz CT molecular complexity index is 596. The Balaban J connectivity index is 1.73. The molecule has 2 saturated heterocycles. The Kier molecular flexibility index (Phi) is 4.64. The van der Waals surface area contributed by atoms with Gasteiger partial charge in [-0.2, -0.15) is 0 Å². The third-order valence-electron chi connectivity index (χ3n) is 4.79. The van der Waals surface area contributed by atoms with Crippen LogP contribution in [-0.4, -0.2) is 42.6 Å². The van der Waals surface area contributed by atoms with Crippen LogP contribution in [0.3, 0.4) is 0 Å². The highest BCUT2D eigenvalue weighted by Gasteiger charge is 2.37. The van der Waals surface area contributed by atoms with E-state index in [4.69, 9.17) is 4.74 Å². The fourth-order valence-electron chi connectivity index (χ4n) is 3.55. The van der Waals surface area contributed by atoms with Crippen LogP contribution < -0.4 is 5.32 Å². The monoisotopic (exact) mass is 324 g/mol. The molecule has 0 unspecified atom stereocenters. The Morgan fingerprint density at radius 1 is 1.26 bits per heavy atom. The van der Waals surface area contributed by atoms with E-state index in [1.807, 2.05) is 14.0 Å². The molecule has 2 aliphatic heterocycles. The van der Waals surface area contributed by atoms with Crippen molar-refractivity contribution in [3.8, 4) is 0 Å². The number of likely N-dealkylation sites (N-methyl/N-ethyl adjacent to an activating group) is 1. The third-order valence-corrected chi connectivity index (χ3v) is 4.79. The summed E-state index contributed by atoms with van der Waals surface area (Å²) in [5.74, 6) is -1.83. The molecule has 0 aliphatic carbocycles. The Labute approximate surface area is 134 Å². The second kappa shape index (κ2) is 6.53. The summed E-state index contributed by atoms with van der Waals surface area (Å²) in [6, 6.07) is 3.65. The first-order chi connectivity index (χ1) is 11.0. The van der Waals surface area contributed by atoms with Crippen LogP contribution in [0.15, 0.2) is 18.2 Å². The van der Waals surface area contributed by atoms with Crippen LogP contribution in [0.1, 0.15) is 37.8 Å². The van der Waals surface area contributed by atoms with Crippen molar-refractivity contribution in [2.45, 2.75) is 50.5 Å². The molecular weight excluding hydrogens is 302 g/mol. The van der Waals surface area contributed by atoms with Gasteiger partial charge < -0.3 is 10.1 Å². The molecule has 1 aromatic rings. The summed E-state index contributed by atoms with van der Waals surface area (Å²) in [6.07, 6.45) is 2.09. The van der Waals surface area contributed by atoms with Crippen LogP contribution in [0.5, 0.6) is 0 Å². The molecule has 6 heteroatoms. The predicted molar refractivity (Wildman–Crippen MR) is 81.8 cm³/mol. The van der Waals surface area contributed by atoms with Crippen molar-refractivity contribution in [2.75, 3.05) is 13.6 Å². The first kappa shape index (κ1) is 16.3. The van der Waals surface area contributed by atoms with E-state index in [2.05, 4.69) is 10.2 Å². The topological polar surface area (TPSA) is 41.6 Å². The van der Waals surface area contributed by atoms with Crippen LogP contribution in [0.25, 0.3) is 0 Å². The lowest BCUT2D eigenvalue weighted by molar-refractivity contribution is -0.132. The second-order valence-corrected chi connectivity index (χ2v) is 6.52. The number of likely N-dealkylation sites (tertiary alicyclic amines) is 1. The zero-order valence-electron chi connectivity index (χ0n) is 13.4. The number of halogens is 2. The largest absolute Gasteiger partial charge is 0.365 e. The second-order valence-electron chi connectivity index (χ2n) is 6.52. The van der Waals surface area contributed by atoms with E-state index >= 15 is 0 Å². The zero-order chi connectivity index (χ0) is 16.6. The number of hydrogen-bond acceptors (Lipinski definition) is 3. The molecule has 3 rings (SSSR count). The van der Waals surface area contributed by atoms with Crippen molar-refractivity contribution in [3.05, 3.63) is 35.4 Å². The van der Waals surface area contributed by atoms with Crippen LogP contribution in [0.4, 0.5) is 8.78 Å². The van der Waals surface area contributed by atoms with Crippen LogP contribution in [-0.2, 0) is 9.53 Å². The normalized spacial score (nSPS) is 31.5. The number of carbonyl (C=O) groups is 1. The molecule has 1 aromatic carbocycles. The standard InChI is InChI=1S/C17H22F2N2O2/c1-10-3-6-15(23-10)17(22)20-14-7-8-21(2)16(14)11-4-5-12(18)13(19)9-11/h4-5,9-10,14-16H,3,6-8H2,1-2H3,(H,20,22)/t10-,14-,15-,16+/m1/s1. The van der Waals surface area contributed by atoms with Gasteiger partial charge in [0.05, 0.1) is 12.1 Å². The number of ether oxygens (including phenoxy) is 1. The average molecular weight is 324 g/mol. The number of benzene rings is 1. The van der Waals surface area contributed by atoms with Gasteiger partial charge in [-0.1, -0.05) is 6.07 Å². The van der Waals surface area contributed by atoms with Crippen LogP contribution in [0, 0.1) is 11.6 Å². The smallest absolute Gasteiger partial charge is 0.249 e. The predicted octanol–water partition coefficient (Wildman–Crippen LogP) is 2.39. The van der Waals surface area contributed by atoms with Crippen molar-refractivity contribution >= 4 is 5.91 Å². The maximum Gasteiger partial charge on any atom is 0.249 e. The summed E-state index contributed by atoms with van der Waals surface area (Å²) in [6.45, 7) is 2.75. The van der Waals surface area contributed by atoms with Gasteiger partial charge in [0.15, 0.2) is 11.6 Å². The SMILES string of the molecule is C[C@@H]1CC[C@H](C(=O)N[C@@H]2CCN(C)[C@H]2c2ccc(F)c(F)c2)O1. The van der Waals surface area contributed by atoms with Gasteiger partial charge in [0.2, 0.25) is 5.91 Å². The quantitative estimate of drug-likeness (QED) is 0.928. The van der Waals surface area contributed by atoms with E-state index in [0.717, 1.165) is 31.9 Å². The van der Waals surface area contributed by atoms with Gasteiger partial charge in [-0.25, -0.2) is 8.78 Å². The van der Waals surface area contributed by atoms with Crippen molar-refractivity contribution in [3.63, 3.8) is 0 Å². The summed E-state index contributed by atoms with van der Waals surface area (Å²) >= 11 is 0. The van der Waals surface area contributed by atoms with Crippen LogP contribution in [0.2, 0.25) is 0 Å². The Hall–Kier alpha value is -1.53. The van der Waals surface area contributed by atoms with Gasteiger partial charge in [0.1, 0.15) is 6.10 Å². The molecule has 0 aromatic heterocycles. The highest BCUT2D eigenvalue weighted by molar-refractivity contribution is 5.81. The van der Waals surface area contributed by atoms with E-state index in [0.29, 0.717) is 5.56 Å². The summed E-state index contributed by atoms with van der Waals surface area (Å²) in [4.78, 5) is 14.4. The number of nitrogens with zero attached hydrogens (tertiary/aromatic N) is 1. The van der Waals surface area contributed by atoms with E-state index in [-0.39, 0.29) is 24.1 Å². The molecule has 4 nitrogen and oxygen atoms in total. The third kappa shape index (κ3) is 3.38. The van der Waals surface area contributed by atoms with Gasteiger partial charge >= 0.3 is 0 Å². The molecule has 4 atom stereocenters. The molecule has 0 radical (unpaired) electrons. The number of rotatable bonds is 3. The number of hydrogen-bond donors (Lipinski definition) is 1. The highest BCUT2D eigenvalue weighted by Crippen LogP contribution is 2.32. The van der Waals surface area contributed by atoms with Crippen molar-refractivity contribution < 1.29 is 18.3 Å². The first-order valence-corrected chi connectivity index (χ1v) is 8.06. The fourth-order valence-corrected chi connectivity index (χ4v) is 3.55. The molecule has 2 aliphatic rings. The minimum absolute atomic E-state index is 0.109. The highest BCUT2D eigenvalue weighted by atomic mass is 19.2. The van der Waals surface area contributed by atoms with Gasteiger partial charge in [0, 0.05) is 12.6 Å². The average Bonchev–Trinajstić information content (AvgIpc) is 3.09. The van der Waals surface area contributed by atoms with E-state index in [1.54, 1.807) is 6.07 Å². The molecule has 0 saturated carbocycles. The van der Waals surface area contributed by atoms with E-state index < -0.39 is 17.7 Å². The minimum atomic E-state index is -0.860. The van der Waals surface area contributed by atoms with Gasteiger partial charge in [0.25, 0.3) is 0 Å². The molecule has 0 bridgehead atoms. The maximum atomic E-state index is 13.5. The minimum Gasteiger partial charge on any atom is -0.365 e. The van der Waals surface area contributed by atoms with Crippen LogP contribution >= 0.6 is 0 Å². The van der Waals surface area contributed by atoms with Crippen molar-refractivity contribution in [1.29, 1.82) is 0 Å². The van der Waals surface area contributed by atoms with Gasteiger partial charge in [-0.05, 0) is 50.9 Å². The molecular formula is C17H22F2N2O2. The lowest BCUT2D eigenvalue weighted by atomic mass is 9.99. The van der Waals surface area contributed by atoms with Gasteiger partial charge in [-0.15, -0.1) is 0 Å². The lowest BCUT2D eigenvalue weighted by Crippen LogP contribution is -2.44. The maximum absolute atomic E-state index is 13.5. The molecule has 2 fully saturated rings. The summed E-state index contributed by atoms with van der Waals surface area (Å²) in [7, 11) is 1.92. The molecule has 1 amide bonds. The fraction of sp³-hybridized carbons (Fsp3) is 0.588. The Morgan fingerprint density at radius 2 is 2.04 bits per heavy atom. The number of nitrogens with one attached hydrogen (secondary N) is 1. The van der Waals surface area contributed by atoms with E-state index in [9.17, 15) is 13.6 Å². The first-order valence-electron chi connectivity index (χ1n) is 8.06. The lowest BCUT2D eigenvalue weighted by Gasteiger charge is -2.27. The summed E-state index contributed by atoms with van der Waals surface area (Å²) in [5, 5.41) is 3.03. The van der Waals surface area contributed by atoms with Crippen molar-refractivity contribution in [2.24, 2.45) is 0 Å². The number of carbonyl (C=O) groups excluding carboxylic acids is 1. The van der Waals surface area contributed by atoms with E-state index in [1.165, 1.54) is 6.07 Å². The molecule has 23 heavy (non-hydrogen) atoms. The molecule has 126 valence electrons. The summed E-state index contributed by atoms with van der Waals surface area (Å²) < 4.78 is 32.3. The molecule has 2 heterocycles. The molecule has 0 spiro atoms.